The molecule has 8 heteroatoms. The molecule has 1 heterocycles. The van der Waals surface area contributed by atoms with E-state index in [9.17, 15) is 18.3 Å². The van der Waals surface area contributed by atoms with Gasteiger partial charge in [0.15, 0.2) is 0 Å². The molecule has 0 aliphatic carbocycles. The van der Waals surface area contributed by atoms with E-state index in [0.717, 1.165) is 8.61 Å². The molecule has 20 heavy (non-hydrogen) atoms. The van der Waals surface area contributed by atoms with Gasteiger partial charge in [0.1, 0.15) is 6.04 Å². The fourth-order valence-electron chi connectivity index (χ4n) is 2.07. The minimum absolute atomic E-state index is 0.00836. The zero-order chi connectivity index (χ0) is 15.3. The van der Waals surface area contributed by atoms with Gasteiger partial charge < -0.3 is 9.84 Å². The fraction of sp³-hybridized carbons (Fsp3) is 0.583. The van der Waals surface area contributed by atoms with E-state index in [1.54, 1.807) is 6.92 Å². The number of carbonyl (C=O) groups is 1. The smallest absolute Gasteiger partial charge is 0.324 e. The Morgan fingerprint density at radius 2 is 2.00 bits per heavy atom. The highest BCUT2D eigenvalue weighted by Gasteiger charge is 2.43. The second-order valence-corrected chi connectivity index (χ2v) is 6.25. The van der Waals surface area contributed by atoms with Gasteiger partial charge in [0, 0.05) is 19.6 Å². The van der Waals surface area contributed by atoms with Crippen molar-refractivity contribution in [3.8, 4) is 0 Å². The van der Waals surface area contributed by atoms with Crippen molar-refractivity contribution in [2.24, 2.45) is 0 Å². The molecule has 0 spiro atoms. The maximum absolute atomic E-state index is 12.6. The molecule has 0 aromatic carbocycles. The molecule has 114 valence electrons. The summed E-state index contributed by atoms with van der Waals surface area (Å²) < 4.78 is 32.5. The van der Waals surface area contributed by atoms with Gasteiger partial charge in [-0.15, -0.1) is 13.2 Å². The largest absolute Gasteiger partial charge is 0.480 e. The summed E-state index contributed by atoms with van der Waals surface area (Å²) in [6, 6.07) is -1.23. The van der Waals surface area contributed by atoms with Crippen LogP contribution in [0.4, 0.5) is 0 Å². The van der Waals surface area contributed by atoms with Gasteiger partial charge >= 0.3 is 5.97 Å². The van der Waals surface area contributed by atoms with Gasteiger partial charge in [0.25, 0.3) is 10.2 Å². The fourth-order valence-corrected chi connectivity index (χ4v) is 3.81. The van der Waals surface area contributed by atoms with E-state index in [0.29, 0.717) is 0 Å². The lowest BCUT2D eigenvalue weighted by molar-refractivity contribution is -0.150. The van der Waals surface area contributed by atoms with Crippen molar-refractivity contribution >= 4 is 16.2 Å². The third-order valence-electron chi connectivity index (χ3n) is 2.99. The molecule has 1 aliphatic rings. The van der Waals surface area contributed by atoms with Gasteiger partial charge in [-0.1, -0.05) is 12.2 Å². The number of ether oxygens (including phenoxy) is 1. The molecular weight excluding hydrogens is 284 g/mol. The van der Waals surface area contributed by atoms with Crippen LogP contribution in [0.25, 0.3) is 0 Å². The van der Waals surface area contributed by atoms with Crippen molar-refractivity contribution in [1.29, 1.82) is 0 Å². The molecule has 1 rings (SSSR count). The van der Waals surface area contributed by atoms with E-state index < -0.39 is 28.3 Å². The first-order valence-electron chi connectivity index (χ1n) is 6.19. The lowest BCUT2D eigenvalue weighted by atomic mass is 10.1. The van der Waals surface area contributed by atoms with Crippen LogP contribution in [-0.2, 0) is 19.7 Å². The maximum atomic E-state index is 12.6. The van der Waals surface area contributed by atoms with E-state index in [-0.39, 0.29) is 26.2 Å². The van der Waals surface area contributed by atoms with Crippen LogP contribution in [0.5, 0.6) is 0 Å². The lowest BCUT2D eigenvalue weighted by Gasteiger charge is -2.38. The van der Waals surface area contributed by atoms with Crippen molar-refractivity contribution in [2.75, 3.05) is 26.2 Å². The van der Waals surface area contributed by atoms with Crippen LogP contribution in [0.1, 0.15) is 6.92 Å². The van der Waals surface area contributed by atoms with Crippen LogP contribution in [0.15, 0.2) is 25.3 Å². The third kappa shape index (κ3) is 3.45. The summed E-state index contributed by atoms with van der Waals surface area (Å²) in [5.41, 5.74) is 0. The van der Waals surface area contributed by atoms with Crippen LogP contribution < -0.4 is 0 Å². The van der Waals surface area contributed by atoms with Crippen molar-refractivity contribution in [3.63, 3.8) is 0 Å². The van der Waals surface area contributed by atoms with E-state index in [1.165, 1.54) is 12.2 Å². The number of carboxylic acid groups (broad SMARTS) is 1. The lowest BCUT2D eigenvalue weighted by Crippen LogP contribution is -2.59. The normalized spacial score (nSPS) is 24.5. The zero-order valence-electron chi connectivity index (χ0n) is 11.4. The highest BCUT2D eigenvalue weighted by Crippen LogP contribution is 2.21. The van der Waals surface area contributed by atoms with E-state index >= 15 is 0 Å². The summed E-state index contributed by atoms with van der Waals surface area (Å²) in [6.07, 6.45) is 2.19. The molecule has 7 nitrogen and oxygen atoms in total. The Hall–Kier alpha value is -1.22. The third-order valence-corrected chi connectivity index (χ3v) is 4.94. The molecule has 0 aromatic heterocycles. The molecule has 2 atom stereocenters. The van der Waals surface area contributed by atoms with Gasteiger partial charge in [-0.05, 0) is 6.92 Å². The Bertz CT molecular complexity index is 466. The quantitative estimate of drug-likeness (QED) is 0.673. The Morgan fingerprint density at radius 3 is 2.45 bits per heavy atom. The molecule has 0 amide bonds. The predicted octanol–water partition coefficient (Wildman–Crippen LogP) is 0.0791. The standard InChI is InChI=1S/C12H20N2O5S/c1-4-6-13(7-5-2)20(17,18)14-8-9-19-10(3)11(14)12(15)16/h4-5,10-11H,1-2,6-9H2,3H3,(H,15,16)/t10-,11+/m1/s1. The van der Waals surface area contributed by atoms with Gasteiger partial charge in [-0.2, -0.15) is 17.0 Å². The molecule has 0 radical (unpaired) electrons. The maximum Gasteiger partial charge on any atom is 0.324 e. The van der Waals surface area contributed by atoms with Gasteiger partial charge in [0.2, 0.25) is 0 Å². The van der Waals surface area contributed by atoms with Crippen LogP contribution >= 0.6 is 0 Å². The topological polar surface area (TPSA) is 87.2 Å². The van der Waals surface area contributed by atoms with Crippen molar-refractivity contribution in [1.82, 2.24) is 8.61 Å². The second kappa shape index (κ2) is 6.98. The first-order valence-corrected chi connectivity index (χ1v) is 7.59. The monoisotopic (exact) mass is 304 g/mol. The van der Waals surface area contributed by atoms with Crippen LogP contribution in [0.3, 0.4) is 0 Å². The number of hydrogen-bond donors (Lipinski definition) is 1. The number of morpholine rings is 1. The number of hydrogen-bond acceptors (Lipinski definition) is 4. The Kier molecular flexibility index (Phi) is 5.88. The Balaban J connectivity index is 3.11. The molecule has 1 fully saturated rings. The summed E-state index contributed by atoms with van der Waals surface area (Å²) >= 11 is 0. The minimum Gasteiger partial charge on any atom is -0.480 e. The summed E-state index contributed by atoms with van der Waals surface area (Å²) in [5.74, 6) is -1.22. The highest BCUT2D eigenvalue weighted by molar-refractivity contribution is 7.86. The van der Waals surface area contributed by atoms with E-state index in [1.807, 2.05) is 0 Å². The van der Waals surface area contributed by atoms with Crippen molar-refractivity contribution in [2.45, 2.75) is 19.1 Å². The van der Waals surface area contributed by atoms with Crippen LogP contribution in [-0.4, -0.2) is 66.5 Å². The molecule has 0 bridgehead atoms. The SMILES string of the molecule is C=CCN(CC=C)S(=O)(=O)N1CCO[C@H](C)[C@H]1C(=O)O. The Labute approximate surface area is 119 Å². The van der Waals surface area contributed by atoms with Gasteiger partial charge in [0.05, 0.1) is 12.7 Å². The van der Waals surface area contributed by atoms with Crippen molar-refractivity contribution in [3.05, 3.63) is 25.3 Å². The van der Waals surface area contributed by atoms with E-state index in [2.05, 4.69) is 13.2 Å². The Morgan fingerprint density at radius 1 is 1.45 bits per heavy atom. The van der Waals surface area contributed by atoms with E-state index in [4.69, 9.17) is 4.74 Å². The average molecular weight is 304 g/mol. The van der Waals surface area contributed by atoms with Crippen molar-refractivity contribution < 1.29 is 23.1 Å². The zero-order valence-corrected chi connectivity index (χ0v) is 12.3. The molecule has 1 saturated heterocycles. The number of rotatable bonds is 7. The summed E-state index contributed by atoms with van der Waals surface area (Å²) in [6.45, 7) is 8.92. The number of nitrogens with zero attached hydrogens (tertiary/aromatic N) is 2. The highest BCUT2D eigenvalue weighted by atomic mass is 32.2. The molecular formula is C12H20N2O5S. The van der Waals surface area contributed by atoms with Crippen LogP contribution in [0, 0.1) is 0 Å². The summed E-state index contributed by atoms with van der Waals surface area (Å²) in [4.78, 5) is 11.3. The summed E-state index contributed by atoms with van der Waals surface area (Å²) in [7, 11) is -3.91. The molecule has 1 N–H and O–H groups in total. The summed E-state index contributed by atoms with van der Waals surface area (Å²) in [5, 5.41) is 9.24. The average Bonchev–Trinajstić information content (AvgIpc) is 2.37. The van der Waals surface area contributed by atoms with Gasteiger partial charge in [-0.25, -0.2) is 0 Å². The number of aliphatic carboxylic acids is 1. The predicted molar refractivity (Wildman–Crippen MR) is 74.4 cm³/mol. The second-order valence-electron chi connectivity index (χ2n) is 4.37. The minimum atomic E-state index is -3.91. The number of carboxylic acids is 1. The first-order chi connectivity index (χ1) is 9.36. The molecule has 0 unspecified atom stereocenters. The molecule has 1 aliphatic heterocycles. The van der Waals surface area contributed by atoms with Crippen LogP contribution in [0.2, 0.25) is 0 Å². The first kappa shape index (κ1) is 16.8. The van der Waals surface area contributed by atoms with Gasteiger partial charge in [-0.3, -0.25) is 4.79 Å². The molecule has 0 saturated carbocycles. The molecule has 0 aromatic rings.